The Hall–Kier alpha value is -4.43. The summed E-state index contributed by atoms with van der Waals surface area (Å²) in [7, 11) is 0. The summed E-state index contributed by atoms with van der Waals surface area (Å²) in [5.74, 6) is 1.05. The molecule has 4 heterocycles. The number of likely N-dealkylation sites (tertiary alicyclic amines) is 1. The molecule has 3 amide bonds. The van der Waals surface area contributed by atoms with Crippen LogP contribution in [0.5, 0.6) is 5.75 Å². The minimum absolute atomic E-state index is 0.0300. The topological polar surface area (TPSA) is 150 Å². The summed E-state index contributed by atoms with van der Waals surface area (Å²) in [5, 5.41) is 18.5. The van der Waals surface area contributed by atoms with Crippen LogP contribution in [-0.4, -0.2) is 92.4 Å². The molecule has 13 nitrogen and oxygen atoms in total. The molecule has 3 aliphatic heterocycles. The Bertz CT molecular complexity index is 1830. The summed E-state index contributed by atoms with van der Waals surface area (Å²) in [6.45, 7) is 14.5. The van der Waals surface area contributed by atoms with E-state index in [1.54, 1.807) is 11.2 Å². The molecule has 0 unspecified atom stereocenters. The number of ether oxygens (including phenoxy) is 2. The van der Waals surface area contributed by atoms with Gasteiger partial charge in [-0.1, -0.05) is 6.07 Å². The van der Waals surface area contributed by atoms with Crippen molar-refractivity contribution in [3.63, 3.8) is 0 Å². The first-order valence-corrected chi connectivity index (χ1v) is 20.1. The Labute approximate surface area is 328 Å². The van der Waals surface area contributed by atoms with Gasteiger partial charge in [-0.2, -0.15) is 0 Å². The van der Waals surface area contributed by atoms with Crippen LogP contribution < -0.4 is 20.3 Å². The molecule has 0 spiro atoms. The van der Waals surface area contributed by atoms with Crippen LogP contribution in [0.2, 0.25) is 0 Å². The van der Waals surface area contributed by atoms with Crippen molar-refractivity contribution >= 4 is 41.2 Å². The van der Waals surface area contributed by atoms with E-state index in [4.69, 9.17) is 13.9 Å². The lowest BCUT2D eigenvalue weighted by Crippen LogP contribution is -2.48. The number of aliphatic hydroxyl groups excluding tert-OH is 1. The highest BCUT2D eigenvalue weighted by Gasteiger charge is 2.42. The molecule has 1 aromatic heterocycles. The predicted molar refractivity (Wildman–Crippen MR) is 213 cm³/mol. The van der Waals surface area contributed by atoms with E-state index in [1.807, 2.05) is 69.9 Å². The number of anilines is 2. The van der Waals surface area contributed by atoms with Crippen molar-refractivity contribution in [2.45, 2.75) is 116 Å². The lowest BCUT2D eigenvalue weighted by Gasteiger charge is -2.36. The van der Waals surface area contributed by atoms with Crippen molar-refractivity contribution in [1.82, 2.24) is 19.5 Å². The standard InChI is InChI=1S/C41H56N6O7S/c1-27-36(53-26-43-27)25-52-35-11-10-29-22-41(6,55-47(24-31(29)20-35)39(51)54-40(3,4)5)37(49)23-42-38(50)30-18-33(21-34(19-30)46-14-8-7-9-15-46)44-32-12-16-45(17-13-32)28(2)48/h10-11,18-21,26,32,37,44,49H,7-9,12-17,22-25H2,1-6H3,(H,42,50)/t37-,41-/m1/s1. The Morgan fingerprint density at radius 2 is 1.80 bits per heavy atom. The fourth-order valence-electron chi connectivity index (χ4n) is 7.31. The van der Waals surface area contributed by atoms with Crippen molar-refractivity contribution in [3.05, 3.63) is 70.9 Å². The molecule has 0 bridgehead atoms. The monoisotopic (exact) mass is 776 g/mol. The largest absolute Gasteiger partial charge is 0.486 e. The normalized spacial score (nSPS) is 19.9. The third kappa shape index (κ3) is 10.5. The van der Waals surface area contributed by atoms with Gasteiger partial charge < -0.3 is 39.4 Å². The first-order valence-electron chi connectivity index (χ1n) is 19.4. The van der Waals surface area contributed by atoms with Gasteiger partial charge >= 0.3 is 6.09 Å². The number of rotatable bonds is 10. The molecular weight excluding hydrogens is 721 g/mol. The Balaban J connectivity index is 1.18. The van der Waals surface area contributed by atoms with Gasteiger partial charge in [-0.05, 0) is 127 Å². The van der Waals surface area contributed by atoms with Crippen LogP contribution in [-0.2, 0) is 29.1 Å². The van der Waals surface area contributed by atoms with Crippen LogP contribution in [0.1, 0.15) is 99.7 Å². The van der Waals surface area contributed by atoms with E-state index in [1.165, 1.54) is 24.8 Å². The molecule has 2 saturated heterocycles. The van der Waals surface area contributed by atoms with Crippen LogP contribution >= 0.6 is 11.9 Å². The molecule has 0 aliphatic carbocycles. The number of benzene rings is 2. The molecule has 3 N–H and O–H groups in total. The number of oxazole rings is 1. The van der Waals surface area contributed by atoms with Crippen LogP contribution in [0.3, 0.4) is 0 Å². The van der Waals surface area contributed by atoms with E-state index in [0.717, 1.165) is 67.0 Å². The second kappa shape index (κ2) is 17.2. The number of hydrogen-bond acceptors (Lipinski definition) is 11. The predicted octanol–water partition coefficient (Wildman–Crippen LogP) is 6.47. The zero-order chi connectivity index (χ0) is 39.3. The van der Waals surface area contributed by atoms with Gasteiger partial charge in [0.2, 0.25) is 5.91 Å². The number of aliphatic hydroxyl groups is 1. The molecule has 2 aromatic carbocycles. The maximum atomic E-state index is 13.9. The Kier molecular flexibility index (Phi) is 12.5. The second-order valence-electron chi connectivity index (χ2n) is 16.1. The highest BCUT2D eigenvalue weighted by Crippen LogP contribution is 2.42. The number of fused-ring (bicyclic) bond motifs is 1. The lowest BCUT2D eigenvalue weighted by atomic mass is 9.91. The highest BCUT2D eigenvalue weighted by molar-refractivity contribution is 7.98. The molecular formula is C41H56N6O7S. The van der Waals surface area contributed by atoms with Crippen molar-refractivity contribution in [2.75, 3.05) is 42.9 Å². The molecule has 0 saturated carbocycles. The number of nitrogens with one attached hydrogen (secondary N) is 2. The smallest absolute Gasteiger partial charge is 0.420 e. The van der Waals surface area contributed by atoms with E-state index in [-0.39, 0.29) is 37.6 Å². The Morgan fingerprint density at radius 3 is 2.47 bits per heavy atom. The quantitative estimate of drug-likeness (QED) is 0.195. The summed E-state index contributed by atoms with van der Waals surface area (Å²) in [4.78, 5) is 47.7. The number of amides is 3. The number of aromatic nitrogens is 1. The minimum atomic E-state index is -1.03. The van der Waals surface area contributed by atoms with Gasteiger partial charge in [0, 0.05) is 62.6 Å². The molecule has 14 heteroatoms. The van der Waals surface area contributed by atoms with Crippen molar-refractivity contribution in [2.24, 2.45) is 0 Å². The number of aryl methyl sites for hydroxylation is 1. The zero-order valence-corrected chi connectivity index (χ0v) is 33.8. The molecule has 55 heavy (non-hydrogen) atoms. The summed E-state index contributed by atoms with van der Waals surface area (Å²) >= 11 is 1.23. The van der Waals surface area contributed by atoms with Crippen LogP contribution in [0.15, 0.2) is 47.2 Å². The summed E-state index contributed by atoms with van der Waals surface area (Å²) in [6, 6.07) is 11.9. The van der Waals surface area contributed by atoms with Gasteiger partial charge in [0.15, 0.2) is 12.2 Å². The summed E-state index contributed by atoms with van der Waals surface area (Å²) in [6.07, 6.45) is 5.33. The van der Waals surface area contributed by atoms with E-state index < -0.39 is 22.5 Å². The lowest BCUT2D eigenvalue weighted by molar-refractivity contribution is -0.129. The van der Waals surface area contributed by atoms with E-state index >= 15 is 0 Å². The molecule has 3 aromatic rings. The maximum absolute atomic E-state index is 13.9. The minimum Gasteiger partial charge on any atom is -0.486 e. The molecule has 3 aliphatic rings. The summed E-state index contributed by atoms with van der Waals surface area (Å²) < 4.78 is 17.9. The molecule has 2 fully saturated rings. The number of hydrogen-bond donors (Lipinski definition) is 3. The molecule has 298 valence electrons. The molecule has 0 radical (unpaired) electrons. The molecule has 6 rings (SSSR count). The average Bonchev–Trinajstić information content (AvgIpc) is 3.49. The average molecular weight is 777 g/mol. The number of carbonyl (C=O) groups excluding carboxylic acids is 3. The van der Waals surface area contributed by atoms with Gasteiger partial charge in [0.05, 0.1) is 23.1 Å². The SMILES string of the molecule is CC(=O)N1CCC(Nc2cc(C(=O)NC[C@@H](O)[C@@]3(C)Cc4ccc(OCc5ocnc5C)cc4CN(C(=O)OC(C)(C)C)S3)cc(N3CCCCC3)c2)CC1. The zero-order valence-electron chi connectivity index (χ0n) is 33.0. The second-order valence-corrected chi connectivity index (χ2v) is 17.7. The highest BCUT2D eigenvalue weighted by atomic mass is 32.2. The van der Waals surface area contributed by atoms with Gasteiger partial charge in [0.25, 0.3) is 5.91 Å². The van der Waals surface area contributed by atoms with E-state index in [9.17, 15) is 19.5 Å². The summed E-state index contributed by atoms with van der Waals surface area (Å²) in [5.41, 5.74) is 4.22. The van der Waals surface area contributed by atoms with Gasteiger partial charge in [-0.25, -0.2) is 14.1 Å². The fourth-order valence-corrected chi connectivity index (χ4v) is 8.55. The van der Waals surface area contributed by atoms with Crippen LogP contribution in [0.4, 0.5) is 16.2 Å². The van der Waals surface area contributed by atoms with E-state index in [2.05, 4.69) is 26.6 Å². The van der Waals surface area contributed by atoms with Crippen LogP contribution in [0, 0.1) is 6.92 Å². The van der Waals surface area contributed by atoms with Crippen molar-refractivity contribution < 1.29 is 33.4 Å². The van der Waals surface area contributed by atoms with Gasteiger partial charge in [-0.3, -0.25) is 9.59 Å². The fraction of sp³-hybridized carbons (Fsp3) is 0.561. The first kappa shape index (κ1) is 40.2. The van der Waals surface area contributed by atoms with Gasteiger partial charge in [-0.15, -0.1) is 0 Å². The molecule has 2 atom stereocenters. The number of carbonyl (C=O) groups is 3. The first-order chi connectivity index (χ1) is 26.2. The Morgan fingerprint density at radius 1 is 1.05 bits per heavy atom. The van der Waals surface area contributed by atoms with Crippen molar-refractivity contribution in [1.29, 1.82) is 0 Å². The van der Waals surface area contributed by atoms with E-state index in [0.29, 0.717) is 36.6 Å². The third-order valence-electron chi connectivity index (χ3n) is 10.5. The number of nitrogens with zero attached hydrogens (tertiary/aromatic N) is 4. The van der Waals surface area contributed by atoms with Crippen molar-refractivity contribution in [3.8, 4) is 5.75 Å². The third-order valence-corrected chi connectivity index (χ3v) is 11.9. The number of piperidine rings is 2. The van der Waals surface area contributed by atoms with Gasteiger partial charge in [0.1, 0.15) is 18.0 Å². The van der Waals surface area contributed by atoms with Crippen LogP contribution in [0.25, 0.3) is 0 Å². The maximum Gasteiger partial charge on any atom is 0.420 e.